The third-order valence-electron chi connectivity index (χ3n) is 2.41. The maximum Gasteiger partial charge on any atom is 0.183 e. The van der Waals surface area contributed by atoms with Crippen LogP contribution in [0.3, 0.4) is 0 Å². The summed E-state index contributed by atoms with van der Waals surface area (Å²) in [5, 5.41) is 3.36. The Bertz CT molecular complexity index is 465. The van der Waals surface area contributed by atoms with Crippen LogP contribution in [0.5, 0.6) is 0 Å². The Morgan fingerprint density at radius 2 is 2.24 bits per heavy atom. The fourth-order valence-corrected chi connectivity index (χ4v) is 2.13. The van der Waals surface area contributed by atoms with Gasteiger partial charge in [-0.05, 0) is 57.0 Å². The standard InChI is InChI=1S/C12H12Br2N2O/c1-8(11-4-2-3-5-15-11)16-7-9-6-10(13)12(14)17-9/h2-6,8,16H,7H2,1H3/t8-/m1/s1. The van der Waals surface area contributed by atoms with Crippen LogP contribution in [0.25, 0.3) is 0 Å². The van der Waals surface area contributed by atoms with Gasteiger partial charge >= 0.3 is 0 Å². The molecule has 0 aliphatic rings. The second-order valence-electron chi connectivity index (χ2n) is 3.69. The number of aromatic nitrogens is 1. The van der Waals surface area contributed by atoms with Gasteiger partial charge in [-0.25, -0.2) is 0 Å². The topological polar surface area (TPSA) is 38.1 Å². The van der Waals surface area contributed by atoms with Crippen LogP contribution in [-0.2, 0) is 6.54 Å². The first-order chi connectivity index (χ1) is 8.16. The molecule has 1 N–H and O–H groups in total. The number of nitrogens with zero attached hydrogens (tertiary/aromatic N) is 1. The number of nitrogens with one attached hydrogen (secondary N) is 1. The molecule has 0 spiro atoms. The summed E-state index contributed by atoms with van der Waals surface area (Å²) in [6.07, 6.45) is 1.80. The summed E-state index contributed by atoms with van der Waals surface area (Å²) in [4.78, 5) is 4.30. The monoisotopic (exact) mass is 358 g/mol. The highest BCUT2D eigenvalue weighted by Crippen LogP contribution is 2.26. The predicted octanol–water partition coefficient (Wildman–Crippen LogP) is 4.05. The molecule has 0 unspecified atom stereocenters. The number of rotatable bonds is 4. The first-order valence-corrected chi connectivity index (χ1v) is 6.83. The van der Waals surface area contributed by atoms with Crippen molar-refractivity contribution in [2.24, 2.45) is 0 Å². The Morgan fingerprint density at radius 1 is 1.41 bits per heavy atom. The Labute approximate surface area is 117 Å². The Kier molecular flexibility index (Phi) is 4.36. The summed E-state index contributed by atoms with van der Waals surface area (Å²) in [7, 11) is 0. The van der Waals surface area contributed by atoms with Gasteiger partial charge in [0.15, 0.2) is 4.67 Å². The van der Waals surface area contributed by atoms with E-state index in [0.29, 0.717) is 6.54 Å². The van der Waals surface area contributed by atoms with Crippen molar-refractivity contribution < 1.29 is 4.42 Å². The molecule has 90 valence electrons. The fraction of sp³-hybridized carbons (Fsp3) is 0.250. The second-order valence-corrected chi connectivity index (χ2v) is 5.27. The maximum absolute atomic E-state index is 5.49. The van der Waals surface area contributed by atoms with E-state index < -0.39 is 0 Å². The molecule has 0 bridgehead atoms. The van der Waals surface area contributed by atoms with Crippen LogP contribution in [-0.4, -0.2) is 4.98 Å². The zero-order chi connectivity index (χ0) is 12.3. The number of hydrogen-bond acceptors (Lipinski definition) is 3. The summed E-state index contributed by atoms with van der Waals surface area (Å²) in [6.45, 7) is 2.75. The van der Waals surface area contributed by atoms with Crippen molar-refractivity contribution >= 4 is 31.9 Å². The molecule has 0 aromatic carbocycles. The van der Waals surface area contributed by atoms with Crippen molar-refractivity contribution in [2.75, 3.05) is 0 Å². The molecular formula is C12H12Br2N2O. The molecule has 2 heterocycles. The lowest BCUT2D eigenvalue weighted by atomic mass is 10.2. The number of hydrogen-bond donors (Lipinski definition) is 1. The molecule has 5 heteroatoms. The normalized spacial score (nSPS) is 12.6. The summed E-state index contributed by atoms with van der Waals surface area (Å²) >= 11 is 6.70. The highest BCUT2D eigenvalue weighted by Gasteiger charge is 2.09. The maximum atomic E-state index is 5.49. The van der Waals surface area contributed by atoms with Crippen LogP contribution < -0.4 is 5.32 Å². The number of pyridine rings is 1. The highest BCUT2D eigenvalue weighted by atomic mass is 79.9. The lowest BCUT2D eigenvalue weighted by Gasteiger charge is -2.11. The second kappa shape index (κ2) is 5.80. The molecule has 2 rings (SSSR count). The van der Waals surface area contributed by atoms with Gasteiger partial charge in [0.1, 0.15) is 5.76 Å². The fourth-order valence-electron chi connectivity index (χ4n) is 1.47. The van der Waals surface area contributed by atoms with E-state index in [4.69, 9.17) is 4.42 Å². The van der Waals surface area contributed by atoms with Gasteiger partial charge < -0.3 is 9.73 Å². The van der Waals surface area contributed by atoms with Crippen molar-refractivity contribution in [2.45, 2.75) is 19.5 Å². The average molecular weight is 360 g/mol. The van der Waals surface area contributed by atoms with Crippen molar-refractivity contribution in [3.8, 4) is 0 Å². The van der Waals surface area contributed by atoms with Gasteiger partial charge in [-0.3, -0.25) is 4.98 Å². The molecular weight excluding hydrogens is 348 g/mol. The Morgan fingerprint density at radius 3 is 2.82 bits per heavy atom. The van der Waals surface area contributed by atoms with E-state index in [1.165, 1.54) is 0 Å². The van der Waals surface area contributed by atoms with Gasteiger partial charge in [0.25, 0.3) is 0 Å². The minimum atomic E-state index is 0.193. The van der Waals surface area contributed by atoms with Crippen LogP contribution in [0.2, 0.25) is 0 Å². The van der Waals surface area contributed by atoms with Crippen molar-refractivity contribution in [1.82, 2.24) is 10.3 Å². The minimum absolute atomic E-state index is 0.193. The van der Waals surface area contributed by atoms with E-state index in [9.17, 15) is 0 Å². The highest BCUT2D eigenvalue weighted by molar-refractivity contribution is 9.13. The zero-order valence-electron chi connectivity index (χ0n) is 9.28. The van der Waals surface area contributed by atoms with E-state index in [0.717, 1.165) is 20.6 Å². The number of furan rings is 1. The lowest BCUT2D eigenvalue weighted by Crippen LogP contribution is -2.18. The predicted molar refractivity (Wildman–Crippen MR) is 73.6 cm³/mol. The quantitative estimate of drug-likeness (QED) is 0.894. The first-order valence-electron chi connectivity index (χ1n) is 5.25. The van der Waals surface area contributed by atoms with Crippen LogP contribution >= 0.6 is 31.9 Å². The molecule has 17 heavy (non-hydrogen) atoms. The van der Waals surface area contributed by atoms with Crippen LogP contribution in [0.4, 0.5) is 0 Å². The van der Waals surface area contributed by atoms with E-state index in [-0.39, 0.29) is 6.04 Å². The van der Waals surface area contributed by atoms with E-state index in [1.54, 1.807) is 6.20 Å². The average Bonchev–Trinajstić information content (AvgIpc) is 2.67. The van der Waals surface area contributed by atoms with Crippen molar-refractivity contribution in [3.63, 3.8) is 0 Å². The van der Waals surface area contributed by atoms with Crippen molar-refractivity contribution in [3.05, 3.63) is 51.1 Å². The Balaban J connectivity index is 1.94. The third kappa shape index (κ3) is 3.40. The number of halogens is 2. The third-order valence-corrected chi connectivity index (χ3v) is 4.12. The molecule has 2 aromatic rings. The van der Waals surface area contributed by atoms with E-state index >= 15 is 0 Å². The summed E-state index contributed by atoms with van der Waals surface area (Å²) in [6, 6.07) is 8.05. The SMILES string of the molecule is C[C@@H](NCc1cc(Br)c(Br)o1)c1ccccn1. The molecule has 3 nitrogen and oxygen atoms in total. The largest absolute Gasteiger partial charge is 0.452 e. The van der Waals surface area contributed by atoms with Gasteiger partial charge in [0.2, 0.25) is 0 Å². The van der Waals surface area contributed by atoms with Gasteiger partial charge in [0, 0.05) is 12.2 Å². The Hall–Kier alpha value is -0.650. The summed E-state index contributed by atoms with van der Waals surface area (Å²) in [5.41, 5.74) is 1.03. The molecule has 0 aliphatic carbocycles. The van der Waals surface area contributed by atoms with E-state index in [2.05, 4.69) is 49.1 Å². The van der Waals surface area contributed by atoms with Gasteiger partial charge in [-0.15, -0.1) is 0 Å². The molecule has 1 atom stereocenters. The van der Waals surface area contributed by atoms with E-state index in [1.807, 2.05) is 24.3 Å². The first kappa shape index (κ1) is 12.8. The molecule has 0 saturated heterocycles. The van der Waals surface area contributed by atoms with Crippen LogP contribution in [0.1, 0.15) is 24.4 Å². The van der Waals surface area contributed by atoms with Gasteiger partial charge in [-0.2, -0.15) is 0 Å². The minimum Gasteiger partial charge on any atom is -0.452 e. The zero-order valence-corrected chi connectivity index (χ0v) is 12.5. The molecule has 0 saturated carbocycles. The summed E-state index contributed by atoms with van der Waals surface area (Å²) in [5.74, 6) is 0.881. The molecule has 0 aliphatic heterocycles. The van der Waals surface area contributed by atoms with Crippen molar-refractivity contribution in [1.29, 1.82) is 0 Å². The van der Waals surface area contributed by atoms with Gasteiger partial charge in [-0.1, -0.05) is 6.07 Å². The molecule has 0 amide bonds. The van der Waals surface area contributed by atoms with Crippen LogP contribution in [0, 0.1) is 0 Å². The van der Waals surface area contributed by atoms with Gasteiger partial charge in [0.05, 0.1) is 16.7 Å². The smallest absolute Gasteiger partial charge is 0.183 e. The molecule has 0 radical (unpaired) electrons. The summed E-state index contributed by atoms with van der Waals surface area (Å²) < 4.78 is 7.14. The molecule has 2 aromatic heterocycles. The lowest BCUT2D eigenvalue weighted by molar-refractivity contribution is 0.443. The van der Waals surface area contributed by atoms with Crippen LogP contribution in [0.15, 0.2) is 44.0 Å². The molecule has 0 fully saturated rings.